The number of nitrogens with one attached hydrogen (secondary N) is 1. The summed E-state index contributed by atoms with van der Waals surface area (Å²) in [5, 5.41) is 2.86. The third-order valence-electron chi connectivity index (χ3n) is 4.19. The first kappa shape index (κ1) is 14.9. The molecule has 22 heavy (non-hydrogen) atoms. The van der Waals surface area contributed by atoms with Crippen molar-refractivity contribution in [2.45, 2.75) is 25.8 Å². The van der Waals surface area contributed by atoms with Gasteiger partial charge in [0, 0.05) is 44.8 Å². The molecule has 1 aromatic rings. The van der Waals surface area contributed by atoms with E-state index >= 15 is 0 Å². The maximum Gasteiger partial charge on any atom is 0.272 e. The Morgan fingerprint density at radius 1 is 1.36 bits per heavy atom. The summed E-state index contributed by atoms with van der Waals surface area (Å²) in [6.07, 6.45) is 1.62. The van der Waals surface area contributed by atoms with Crippen LogP contribution in [-0.2, 0) is 4.79 Å². The molecular formula is C15H21N5O2. The van der Waals surface area contributed by atoms with Gasteiger partial charge in [0.2, 0.25) is 5.91 Å². The molecule has 2 aliphatic heterocycles. The lowest BCUT2D eigenvalue weighted by Gasteiger charge is -2.42. The van der Waals surface area contributed by atoms with Crippen LogP contribution in [0.1, 0.15) is 36.1 Å². The molecule has 0 saturated carbocycles. The third kappa shape index (κ3) is 2.81. The zero-order valence-electron chi connectivity index (χ0n) is 13.0. The molecule has 0 spiro atoms. The molecule has 0 aliphatic carbocycles. The highest BCUT2D eigenvalue weighted by atomic mass is 16.2. The van der Waals surface area contributed by atoms with Crippen LogP contribution < -0.4 is 5.32 Å². The number of carbonyl (C=O) groups is 2. The predicted octanol–water partition coefficient (Wildman–Crippen LogP) is -0.144. The van der Waals surface area contributed by atoms with E-state index in [0.29, 0.717) is 31.2 Å². The fourth-order valence-electron chi connectivity index (χ4n) is 2.89. The third-order valence-corrected chi connectivity index (χ3v) is 4.19. The molecule has 2 aliphatic rings. The smallest absolute Gasteiger partial charge is 0.272 e. The van der Waals surface area contributed by atoms with E-state index in [0.717, 1.165) is 13.1 Å². The molecule has 0 unspecified atom stereocenters. The van der Waals surface area contributed by atoms with Gasteiger partial charge in [-0.15, -0.1) is 0 Å². The average Bonchev–Trinajstić information content (AvgIpc) is 2.54. The van der Waals surface area contributed by atoms with Crippen LogP contribution in [0.2, 0.25) is 0 Å². The lowest BCUT2D eigenvalue weighted by molar-refractivity contribution is -0.131. The predicted molar refractivity (Wildman–Crippen MR) is 80.4 cm³/mol. The number of hydrogen-bond donors (Lipinski definition) is 1. The van der Waals surface area contributed by atoms with Crippen LogP contribution in [0.15, 0.2) is 12.3 Å². The number of carbonyl (C=O) groups excluding carboxylic acids is 2. The van der Waals surface area contributed by atoms with E-state index in [1.807, 2.05) is 13.8 Å². The minimum atomic E-state index is -0.238. The Labute approximate surface area is 129 Å². The minimum Gasteiger partial charge on any atom is -0.353 e. The van der Waals surface area contributed by atoms with Crippen LogP contribution >= 0.6 is 0 Å². The van der Waals surface area contributed by atoms with E-state index in [1.165, 1.54) is 0 Å². The van der Waals surface area contributed by atoms with Gasteiger partial charge < -0.3 is 10.2 Å². The van der Waals surface area contributed by atoms with E-state index in [2.05, 4.69) is 20.2 Å². The van der Waals surface area contributed by atoms with Crippen LogP contribution in [-0.4, -0.2) is 70.3 Å². The van der Waals surface area contributed by atoms with Gasteiger partial charge in [0.25, 0.3) is 5.91 Å². The number of fused-ring (bicyclic) bond motifs is 1. The first-order valence-corrected chi connectivity index (χ1v) is 7.70. The summed E-state index contributed by atoms with van der Waals surface area (Å²) in [6.45, 7) is 7.31. The molecule has 3 rings (SSSR count). The van der Waals surface area contributed by atoms with Crippen molar-refractivity contribution in [3.05, 3.63) is 23.8 Å². The molecular weight excluding hydrogens is 282 g/mol. The van der Waals surface area contributed by atoms with Gasteiger partial charge in [-0.05, 0) is 6.07 Å². The van der Waals surface area contributed by atoms with Crippen molar-refractivity contribution in [1.29, 1.82) is 0 Å². The highest BCUT2D eigenvalue weighted by molar-refractivity contribution is 5.93. The standard InChI is InChI=1S/C15H21N5O2/c1-10(2)13-16-4-3-11(18-13)15(22)20-8-7-19-6-5-17-14(21)12(19)9-20/h3-4,10,12H,5-9H2,1-2H3,(H,17,21)/t12-/m0/s1. The lowest BCUT2D eigenvalue weighted by Crippen LogP contribution is -2.64. The summed E-state index contributed by atoms with van der Waals surface area (Å²) in [5.41, 5.74) is 0.406. The maximum atomic E-state index is 12.6. The van der Waals surface area contributed by atoms with Gasteiger partial charge in [0.05, 0.1) is 0 Å². The zero-order valence-corrected chi connectivity index (χ0v) is 13.0. The quantitative estimate of drug-likeness (QED) is 0.822. The molecule has 2 saturated heterocycles. The van der Waals surface area contributed by atoms with Crippen molar-refractivity contribution in [2.75, 3.05) is 32.7 Å². The molecule has 2 fully saturated rings. The average molecular weight is 303 g/mol. The molecule has 7 heteroatoms. The van der Waals surface area contributed by atoms with Gasteiger partial charge in [-0.25, -0.2) is 9.97 Å². The van der Waals surface area contributed by atoms with Crippen LogP contribution in [0.4, 0.5) is 0 Å². The Balaban J connectivity index is 1.75. The molecule has 118 valence electrons. The molecule has 0 bridgehead atoms. The fraction of sp³-hybridized carbons (Fsp3) is 0.600. The van der Waals surface area contributed by atoms with Gasteiger partial charge in [-0.3, -0.25) is 14.5 Å². The first-order valence-electron chi connectivity index (χ1n) is 7.70. The second-order valence-electron chi connectivity index (χ2n) is 6.05. The van der Waals surface area contributed by atoms with Gasteiger partial charge in [0.1, 0.15) is 17.6 Å². The fourth-order valence-corrected chi connectivity index (χ4v) is 2.89. The number of hydrogen-bond acceptors (Lipinski definition) is 5. The molecule has 1 N–H and O–H groups in total. The van der Waals surface area contributed by atoms with Crippen molar-refractivity contribution >= 4 is 11.8 Å². The van der Waals surface area contributed by atoms with Gasteiger partial charge in [-0.2, -0.15) is 0 Å². The van der Waals surface area contributed by atoms with E-state index in [-0.39, 0.29) is 23.8 Å². The molecule has 0 radical (unpaired) electrons. The van der Waals surface area contributed by atoms with E-state index in [4.69, 9.17) is 0 Å². The summed E-state index contributed by atoms with van der Waals surface area (Å²) in [4.78, 5) is 37.0. The maximum absolute atomic E-state index is 12.6. The Bertz CT molecular complexity index is 589. The summed E-state index contributed by atoms with van der Waals surface area (Å²) in [7, 11) is 0. The highest BCUT2D eigenvalue weighted by Gasteiger charge is 2.36. The Kier molecular flexibility index (Phi) is 4.06. The Morgan fingerprint density at radius 2 is 2.18 bits per heavy atom. The second-order valence-corrected chi connectivity index (χ2v) is 6.05. The molecule has 3 heterocycles. The SMILES string of the molecule is CC(C)c1nccc(C(=O)N2CCN3CCNC(=O)[C@@H]3C2)n1. The summed E-state index contributed by atoms with van der Waals surface area (Å²) in [6, 6.07) is 1.40. The van der Waals surface area contributed by atoms with Crippen LogP contribution in [0.25, 0.3) is 0 Å². The Hall–Kier alpha value is -2.02. The molecule has 0 aromatic carbocycles. The first-order chi connectivity index (χ1) is 10.6. The summed E-state index contributed by atoms with van der Waals surface area (Å²) in [5.74, 6) is 0.727. The van der Waals surface area contributed by atoms with Crippen LogP contribution in [0, 0.1) is 0 Å². The molecule has 7 nitrogen and oxygen atoms in total. The van der Waals surface area contributed by atoms with E-state index in [9.17, 15) is 9.59 Å². The van der Waals surface area contributed by atoms with Gasteiger partial charge in [-0.1, -0.05) is 13.8 Å². The van der Waals surface area contributed by atoms with Crippen molar-refractivity contribution < 1.29 is 9.59 Å². The second kappa shape index (κ2) is 6.00. The number of nitrogens with zero attached hydrogens (tertiary/aromatic N) is 4. The number of aromatic nitrogens is 2. The van der Waals surface area contributed by atoms with Crippen molar-refractivity contribution in [1.82, 2.24) is 25.1 Å². The number of amides is 2. The number of rotatable bonds is 2. The van der Waals surface area contributed by atoms with Crippen LogP contribution in [0.3, 0.4) is 0 Å². The molecule has 1 aromatic heterocycles. The normalized spacial score (nSPS) is 22.4. The van der Waals surface area contributed by atoms with Crippen LogP contribution in [0.5, 0.6) is 0 Å². The summed E-state index contributed by atoms with van der Waals surface area (Å²) >= 11 is 0. The Morgan fingerprint density at radius 3 is 2.95 bits per heavy atom. The van der Waals surface area contributed by atoms with E-state index in [1.54, 1.807) is 17.2 Å². The van der Waals surface area contributed by atoms with Gasteiger partial charge >= 0.3 is 0 Å². The largest absolute Gasteiger partial charge is 0.353 e. The summed E-state index contributed by atoms with van der Waals surface area (Å²) < 4.78 is 0. The lowest BCUT2D eigenvalue weighted by atomic mass is 10.1. The zero-order chi connectivity index (χ0) is 15.7. The van der Waals surface area contributed by atoms with Crippen molar-refractivity contribution in [2.24, 2.45) is 0 Å². The van der Waals surface area contributed by atoms with E-state index < -0.39 is 0 Å². The highest BCUT2D eigenvalue weighted by Crippen LogP contribution is 2.15. The monoisotopic (exact) mass is 303 g/mol. The topological polar surface area (TPSA) is 78.4 Å². The number of piperazine rings is 2. The molecule has 1 atom stereocenters. The van der Waals surface area contributed by atoms with Crippen molar-refractivity contribution in [3.63, 3.8) is 0 Å². The minimum absolute atomic E-state index is 0.00862. The molecule has 2 amide bonds. The van der Waals surface area contributed by atoms with Crippen molar-refractivity contribution in [3.8, 4) is 0 Å². The van der Waals surface area contributed by atoms with Gasteiger partial charge in [0.15, 0.2) is 0 Å².